The Kier molecular flexibility index (Phi) is 6.44. The van der Waals surface area contributed by atoms with Gasteiger partial charge in [-0.3, -0.25) is 9.48 Å². The molecule has 0 aliphatic carbocycles. The maximum atomic E-state index is 12.4. The predicted octanol–water partition coefficient (Wildman–Crippen LogP) is 3.97. The quantitative estimate of drug-likeness (QED) is 0.619. The molecule has 0 radical (unpaired) electrons. The van der Waals surface area contributed by atoms with Crippen molar-refractivity contribution in [2.45, 2.75) is 33.3 Å². The number of hydrogen-bond acceptors (Lipinski definition) is 4. The molecule has 0 bridgehead atoms. The Balaban J connectivity index is 1.56. The van der Waals surface area contributed by atoms with Crippen molar-refractivity contribution in [2.24, 2.45) is 7.05 Å². The average molecular weight is 391 g/mol. The van der Waals surface area contributed by atoms with E-state index in [4.69, 9.17) is 4.74 Å². The van der Waals surface area contributed by atoms with Crippen molar-refractivity contribution >= 4 is 17.6 Å². The minimum absolute atomic E-state index is 0.109. The first kappa shape index (κ1) is 20.3. The summed E-state index contributed by atoms with van der Waals surface area (Å²) in [5, 5.41) is 7.23. The van der Waals surface area contributed by atoms with Gasteiger partial charge in [0.25, 0.3) is 0 Å². The van der Waals surface area contributed by atoms with E-state index in [1.807, 2.05) is 55.9 Å². The highest BCUT2D eigenvalue weighted by Crippen LogP contribution is 2.16. The van der Waals surface area contributed by atoms with Gasteiger partial charge in [-0.1, -0.05) is 36.4 Å². The second kappa shape index (κ2) is 9.19. The molecule has 0 unspecified atom stereocenters. The molecule has 0 aliphatic rings. The number of amides is 1. The van der Waals surface area contributed by atoms with Crippen molar-refractivity contribution in [3.05, 3.63) is 82.7 Å². The van der Waals surface area contributed by atoms with Gasteiger partial charge in [-0.15, -0.1) is 0 Å². The summed E-state index contributed by atoms with van der Waals surface area (Å²) in [6, 6.07) is 16.3. The Bertz CT molecular complexity index is 1010. The van der Waals surface area contributed by atoms with Crippen LogP contribution in [0.3, 0.4) is 0 Å². The van der Waals surface area contributed by atoms with E-state index in [0.717, 1.165) is 22.5 Å². The molecule has 0 fully saturated rings. The number of ether oxygens (including phenoxy) is 1. The molecule has 2 aromatic carbocycles. The molecule has 29 heavy (non-hydrogen) atoms. The minimum Gasteiger partial charge on any atom is -0.457 e. The second-order valence-electron chi connectivity index (χ2n) is 6.96. The van der Waals surface area contributed by atoms with Crippen LogP contribution in [0.25, 0.3) is 0 Å². The average Bonchev–Trinajstić information content (AvgIpc) is 2.96. The number of aryl methyl sites for hydroxylation is 2. The number of aromatic nitrogens is 2. The van der Waals surface area contributed by atoms with E-state index in [9.17, 15) is 9.59 Å². The fourth-order valence-electron chi connectivity index (χ4n) is 3.17. The number of esters is 1. The van der Waals surface area contributed by atoms with Crippen LogP contribution in [-0.4, -0.2) is 21.7 Å². The Labute approximate surface area is 170 Å². The molecule has 3 rings (SSSR count). The Hall–Kier alpha value is -3.41. The SMILES string of the molecule is Cc1nn(C)c(C)c1CCC(=O)Nc1cccc(C(=O)OCc2ccccc2)c1. The highest BCUT2D eigenvalue weighted by atomic mass is 16.5. The van der Waals surface area contributed by atoms with Crippen molar-refractivity contribution < 1.29 is 14.3 Å². The minimum atomic E-state index is -0.424. The van der Waals surface area contributed by atoms with Gasteiger partial charge in [-0.05, 0) is 49.6 Å². The van der Waals surface area contributed by atoms with E-state index in [1.54, 1.807) is 24.3 Å². The lowest BCUT2D eigenvalue weighted by Gasteiger charge is -2.08. The maximum absolute atomic E-state index is 12.4. The standard InChI is InChI=1S/C23H25N3O3/c1-16-21(17(2)26(3)25-16)12-13-22(27)24-20-11-7-10-19(14-20)23(28)29-15-18-8-5-4-6-9-18/h4-11,14H,12-13,15H2,1-3H3,(H,24,27). The van der Waals surface area contributed by atoms with Crippen molar-refractivity contribution in [3.63, 3.8) is 0 Å². The third-order valence-electron chi connectivity index (χ3n) is 4.86. The first-order valence-corrected chi connectivity index (χ1v) is 9.54. The molecule has 1 amide bonds. The second-order valence-corrected chi connectivity index (χ2v) is 6.96. The predicted molar refractivity (Wildman–Crippen MR) is 112 cm³/mol. The number of anilines is 1. The summed E-state index contributed by atoms with van der Waals surface area (Å²) in [5.41, 5.74) is 5.01. The third-order valence-corrected chi connectivity index (χ3v) is 4.86. The maximum Gasteiger partial charge on any atom is 0.338 e. The zero-order valence-electron chi connectivity index (χ0n) is 16.9. The van der Waals surface area contributed by atoms with Crippen LogP contribution in [0.5, 0.6) is 0 Å². The zero-order valence-corrected chi connectivity index (χ0v) is 16.9. The van der Waals surface area contributed by atoms with Gasteiger partial charge in [0.05, 0.1) is 11.3 Å². The lowest BCUT2D eigenvalue weighted by molar-refractivity contribution is -0.116. The van der Waals surface area contributed by atoms with Crippen LogP contribution >= 0.6 is 0 Å². The van der Waals surface area contributed by atoms with Crippen LogP contribution in [0.1, 0.15) is 39.3 Å². The number of nitrogens with zero attached hydrogens (tertiary/aromatic N) is 2. The fraction of sp³-hybridized carbons (Fsp3) is 0.261. The molecule has 1 aromatic heterocycles. The smallest absolute Gasteiger partial charge is 0.338 e. The molecule has 6 heteroatoms. The Morgan fingerprint density at radius 3 is 2.52 bits per heavy atom. The van der Waals surface area contributed by atoms with Gasteiger partial charge < -0.3 is 10.1 Å². The van der Waals surface area contributed by atoms with Crippen molar-refractivity contribution in [1.82, 2.24) is 9.78 Å². The molecule has 6 nitrogen and oxygen atoms in total. The summed E-state index contributed by atoms with van der Waals surface area (Å²) in [6.07, 6.45) is 0.964. The van der Waals surface area contributed by atoms with Crippen molar-refractivity contribution in [1.29, 1.82) is 0 Å². The number of hydrogen-bond donors (Lipinski definition) is 1. The summed E-state index contributed by atoms with van der Waals surface area (Å²) >= 11 is 0. The van der Waals surface area contributed by atoms with E-state index in [0.29, 0.717) is 24.1 Å². The summed E-state index contributed by atoms with van der Waals surface area (Å²) in [5.74, 6) is -0.533. The molecule has 0 aliphatic heterocycles. The van der Waals surface area contributed by atoms with Crippen LogP contribution in [0.4, 0.5) is 5.69 Å². The summed E-state index contributed by atoms with van der Waals surface area (Å²) in [6.45, 7) is 4.16. The number of carbonyl (C=O) groups is 2. The van der Waals surface area contributed by atoms with E-state index < -0.39 is 5.97 Å². The van der Waals surface area contributed by atoms with Gasteiger partial charge in [-0.25, -0.2) is 4.79 Å². The van der Waals surface area contributed by atoms with Gasteiger partial charge in [0.1, 0.15) is 6.61 Å². The van der Waals surface area contributed by atoms with E-state index in [1.165, 1.54) is 0 Å². The van der Waals surface area contributed by atoms with Gasteiger partial charge in [-0.2, -0.15) is 5.10 Å². The Morgan fingerprint density at radius 1 is 1.07 bits per heavy atom. The van der Waals surface area contributed by atoms with Crippen LogP contribution < -0.4 is 5.32 Å². The topological polar surface area (TPSA) is 73.2 Å². The zero-order chi connectivity index (χ0) is 20.8. The van der Waals surface area contributed by atoms with Crippen molar-refractivity contribution in [3.8, 4) is 0 Å². The van der Waals surface area contributed by atoms with Crippen LogP contribution in [0.15, 0.2) is 54.6 Å². The number of nitrogens with one attached hydrogen (secondary N) is 1. The molecule has 0 atom stereocenters. The number of rotatable bonds is 7. The van der Waals surface area contributed by atoms with E-state index in [2.05, 4.69) is 10.4 Å². The molecule has 0 saturated carbocycles. The van der Waals surface area contributed by atoms with Crippen LogP contribution in [0.2, 0.25) is 0 Å². The molecule has 1 heterocycles. The largest absolute Gasteiger partial charge is 0.457 e. The monoisotopic (exact) mass is 391 g/mol. The number of carbonyl (C=O) groups excluding carboxylic acids is 2. The molecule has 1 N–H and O–H groups in total. The summed E-state index contributed by atoms with van der Waals surface area (Å²) in [7, 11) is 1.90. The van der Waals surface area contributed by atoms with Crippen molar-refractivity contribution in [2.75, 3.05) is 5.32 Å². The summed E-state index contributed by atoms with van der Waals surface area (Å²) < 4.78 is 7.17. The Morgan fingerprint density at radius 2 is 1.83 bits per heavy atom. The molecular weight excluding hydrogens is 366 g/mol. The molecule has 0 spiro atoms. The molecule has 0 saturated heterocycles. The highest BCUT2D eigenvalue weighted by molar-refractivity contribution is 5.94. The highest BCUT2D eigenvalue weighted by Gasteiger charge is 2.13. The third kappa shape index (κ3) is 5.31. The summed E-state index contributed by atoms with van der Waals surface area (Å²) in [4.78, 5) is 24.7. The van der Waals surface area contributed by atoms with Gasteiger partial charge in [0.15, 0.2) is 0 Å². The van der Waals surface area contributed by atoms with E-state index in [-0.39, 0.29) is 12.5 Å². The van der Waals surface area contributed by atoms with E-state index >= 15 is 0 Å². The normalized spacial score (nSPS) is 10.6. The van der Waals surface area contributed by atoms with Gasteiger partial charge in [0.2, 0.25) is 5.91 Å². The first-order chi connectivity index (χ1) is 13.9. The van der Waals surface area contributed by atoms with Gasteiger partial charge >= 0.3 is 5.97 Å². The van der Waals surface area contributed by atoms with Crippen LogP contribution in [-0.2, 0) is 29.6 Å². The van der Waals surface area contributed by atoms with Gasteiger partial charge in [0, 0.05) is 24.8 Å². The molecular formula is C23H25N3O3. The number of benzene rings is 2. The van der Waals surface area contributed by atoms with Crippen LogP contribution in [0, 0.1) is 13.8 Å². The fourth-order valence-corrected chi connectivity index (χ4v) is 3.17. The molecule has 150 valence electrons. The first-order valence-electron chi connectivity index (χ1n) is 9.54. The lowest BCUT2D eigenvalue weighted by Crippen LogP contribution is -2.13. The molecule has 3 aromatic rings. The lowest BCUT2D eigenvalue weighted by atomic mass is 10.1.